The number of nitro benzene ring substituents is 1. The smallest absolute Gasteiger partial charge is 0.294 e. The van der Waals surface area contributed by atoms with E-state index in [2.05, 4.69) is 15.9 Å². The van der Waals surface area contributed by atoms with E-state index >= 15 is 0 Å². The van der Waals surface area contributed by atoms with Crippen molar-refractivity contribution < 1.29 is 9.72 Å². The zero-order valence-electron chi connectivity index (χ0n) is 8.65. The Labute approximate surface area is 111 Å². The number of nitro groups is 1. The van der Waals surface area contributed by atoms with E-state index < -0.39 is 4.92 Å². The van der Waals surface area contributed by atoms with Crippen molar-refractivity contribution in [2.45, 2.75) is 6.42 Å². The Bertz CT molecular complexity index is 507. The van der Waals surface area contributed by atoms with Crippen LogP contribution in [-0.4, -0.2) is 23.3 Å². The van der Waals surface area contributed by atoms with Crippen LogP contribution in [0.15, 0.2) is 16.6 Å². The summed E-state index contributed by atoms with van der Waals surface area (Å²) in [6, 6.07) is 3.20. The van der Waals surface area contributed by atoms with Crippen LogP contribution in [0.25, 0.3) is 0 Å². The zero-order valence-corrected chi connectivity index (χ0v) is 11.0. The number of carbonyl (C=O) groups excluding carboxylic acids is 1. The van der Waals surface area contributed by atoms with Gasteiger partial charge < -0.3 is 4.90 Å². The van der Waals surface area contributed by atoms with E-state index in [0.29, 0.717) is 23.1 Å². The van der Waals surface area contributed by atoms with E-state index in [1.165, 1.54) is 11.0 Å². The minimum absolute atomic E-state index is 0.0645. The van der Waals surface area contributed by atoms with Crippen molar-refractivity contribution in [3.63, 3.8) is 0 Å². The zero-order chi connectivity index (χ0) is 12.6. The number of halogens is 2. The first-order chi connectivity index (χ1) is 8.04. The molecule has 5 nitrogen and oxygen atoms in total. The number of carbonyl (C=O) groups is 1. The molecule has 0 saturated heterocycles. The molecule has 0 unspecified atom stereocenters. The standard InChI is InChI=1S/C10H8BrClN2O3/c11-7-3-6-1-2-13(9(15)5-12)10(6)8(4-7)14(16)17/h3-4H,1-2,5H2. The molecule has 1 aliphatic heterocycles. The molecule has 1 amide bonds. The third-order valence-corrected chi connectivity index (χ3v) is 3.31. The first kappa shape index (κ1) is 12.3. The van der Waals surface area contributed by atoms with Crippen LogP contribution in [0.1, 0.15) is 5.56 Å². The Morgan fingerprint density at radius 2 is 2.29 bits per heavy atom. The van der Waals surface area contributed by atoms with Gasteiger partial charge in [0, 0.05) is 17.1 Å². The molecule has 1 aliphatic rings. The van der Waals surface area contributed by atoms with Gasteiger partial charge in [0.1, 0.15) is 11.6 Å². The number of anilines is 1. The topological polar surface area (TPSA) is 63.5 Å². The van der Waals surface area contributed by atoms with Gasteiger partial charge in [-0.3, -0.25) is 14.9 Å². The van der Waals surface area contributed by atoms with Crippen LogP contribution in [0.5, 0.6) is 0 Å². The Kier molecular flexibility index (Phi) is 3.35. The second kappa shape index (κ2) is 4.62. The van der Waals surface area contributed by atoms with Crippen LogP contribution < -0.4 is 4.90 Å². The molecule has 0 N–H and O–H groups in total. The average Bonchev–Trinajstić information content (AvgIpc) is 2.70. The normalized spacial score (nSPS) is 13.6. The number of benzene rings is 1. The predicted molar refractivity (Wildman–Crippen MR) is 67.6 cm³/mol. The Hall–Kier alpha value is -1.14. The maximum Gasteiger partial charge on any atom is 0.294 e. The van der Waals surface area contributed by atoms with Gasteiger partial charge in [0.2, 0.25) is 5.91 Å². The molecule has 0 fully saturated rings. The molecular weight excluding hydrogens is 311 g/mol. The van der Waals surface area contributed by atoms with E-state index in [-0.39, 0.29) is 17.5 Å². The van der Waals surface area contributed by atoms with E-state index in [9.17, 15) is 14.9 Å². The lowest BCUT2D eigenvalue weighted by Crippen LogP contribution is -2.30. The van der Waals surface area contributed by atoms with Gasteiger partial charge in [-0.1, -0.05) is 15.9 Å². The SMILES string of the molecule is O=C(CCl)N1CCc2cc(Br)cc([N+](=O)[O-])c21. The fourth-order valence-corrected chi connectivity index (χ4v) is 2.58. The molecule has 0 aromatic heterocycles. The summed E-state index contributed by atoms with van der Waals surface area (Å²) in [6.07, 6.45) is 0.609. The quantitative estimate of drug-likeness (QED) is 0.478. The summed E-state index contributed by atoms with van der Waals surface area (Å²) in [5, 5.41) is 11.0. The van der Waals surface area contributed by atoms with Crippen molar-refractivity contribution in [2.75, 3.05) is 17.3 Å². The maximum atomic E-state index is 11.6. The predicted octanol–water partition coefficient (Wildman–Crippen LogP) is 2.49. The fourth-order valence-electron chi connectivity index (χ4n) is 1.95. The van der Waals surface area contributed by atoms with Gasteiger partial charge in [0.15, 0.2) is 0 Å². The summed E-state index contributed by atoms with van der Waals surface area (Å²) in [5.74, 6) is -0.483. The first-order valence-corrected chi connectivity index (χ1v) is 6.20. The number of hydrogen-bond acceptors (Lipinski definition) is 3. The van der Waals surface area contributed by atoms with Crippen molar-refractivity contribution in [1.29, 1.82) is 0 Å². The second-order valence-corrected chi connectivity index (χ2v) is 4.80. The van der Waals surface area contributed by atoms with Gasteiger partial charge in [-0.15, -0.1) is 11.6 Å². The molecule has 0 bridgehead atoms. The maximum absolute atomic E-state index is 11.6. The number of amides is 1. The summed E-state index contributed by atoms with van der Waals surface area (Å²) in [5.41, 5.74) is 1.11. The highest BCUT2D eigenvalue weighted by molar-refractivity contribution is 9.10. The molecule has 1 heterocycles. The largest absolute Gasteiger partial charge is 0.305 e. The van der Waals surface area contributed by atoms with Gasteiger partial charge in [-0.2, -0.15) is 0 Å². The number of alkyl halides is 1. The molecule has 0 radical (unpaired) electrons. The van der Waals surface area contributed by atoms with Crippen LogP contribution >= 0.6 is 27.5 Å². The van der Waals surface area contributed by atoms with Crippen molar-refractivity contribution in [1.82, 2.24) is 0 Å². The number of rotatable bonds is 2. The third-order valence-electron chi connectivity index (χ3n) is 2.62. The van der Waals surface area contributed by atoms with E-state index in [4.69, 9.17) is 11.6 Å². The number of hydrogen-bond donors (Lipinski definition) is 0. The lowest BCUT2D eigenvalue weighted by Gasteiger charge is -2.15. The molecular formula is C10H8BrClN2O3. The molecule has 0 atom stereocenters. The van der Waals surface area contributed by atoms with Gasteiger partial charge in [-0.05, 0) is 18.1 Å². The molecule has 7 heteroatoms. The number of nitrogens with zero attached hydrogens (tertiary/aromatic N) is 2. The minimum atomic E-state index is -0.483. The first-order valence-electron chi connectivity index (χ1n) is 4.87. The van der Waals surface area contributed by atoms with E-state index in [1.54, 1.807) is 6.07 Å². The summed E-state index contributed by atoms with van der Waals surface area (Å²) >= 11 is 8.72. The highest BCUT2D eigenvalue weighted by Gasteiger charge is 2.32. The van der Waals surface area contributed by atoms with Crippen LogP contribution in [0.4, 0.5) is 11.4 Å². The van der Waals surface area contributed by atoms with Crippen LogP contribution in [0.3, 0.4) is 0 Å². The third kappa shape index (κ3) is 2.14. The number of fused-ring (bicyclic) bond motifs is 1. The molecule has 1 aromatic rings. The highest BCUT2D eigenvalue weighted by atomic mass is 79.9. The molecule has 0 spiro atoms. The van der Waals surface area contributed by atoms with Crippen molar-refractivity contribution in [3.8, 4) is 0 Å². The summed E-state index contributed by atoms with van der Waals surface area (Å²) in [6.45, 7) is 0.443. The molecule has 17 heavy (non-hydrogen) atoms. The van der Waals surface area contributed by atoms with E-state index in [1.807, 2.05) is 0 Å². The monoisotopic (exact) mass is 318 g/mol. The van der Waals surface area contributed by atoms with Gasteiger partial charge >= 0.3 is 0 Å². The summed E-state index contributed by atoms with van der Waals surface area (Å²) in [7, 11) is 0. The lowest BCUT2D eigenvalue weighted by molar-refractivity contribution is -0.384. The molecule has 1 aromatic carbocycles. The van der Waals surface area contributed by atoms with Crippen molar-refractivity contribution in [2.24, 2.45) is 0 Å². The minimum Gasteiger partial charge on any atom is -0.305 e. The van der Waals surface area contributed by atoms with Crippen molar-refractivity contribution in [3.05, 3.63) is 32.3 Å². The van der Waals surface area contributed by atoms with Crippen molar-refractivity contribution >= 4 is 44.8 Å². The molecule has 0 aliphatic carbocycles. The van der Waals surface area contributed by atoms with Crippen LogP contribution in [0, 0.1) is 10.1 Å². The second-order valence-electron chi connectivity index (χ2n) is 3.62. The molecule has 90 valence electrons. The lowest BCUT2D eigenvalue weighted by atomic mass is 10.1. The van der Waals surface area contributed by atoms with Crippen LogP contribution in [-0.2, 0) is 11.2 Å². The van der Waals surface area contributed by atoms with Gasteiger partial charge in [0.05, 0.1) is 4.92 Å². The highest BCUT2D eigenvalue weighted by Crippen LogP contribution is 2.39. The summed E-state index contributed by atoms with van der Waals surface area (Å²) < 4.78 is 0.642. The Morgan fingerprint density at radius 3 is 2.88 bits per heavy atom. The van der Waals surface area contributed by atoms with Gasteiger partial charge in [-0.25, -0.2) is 0 Å². The summed E-state index contributed by atoms with van der Waals surface area (Å²) in [4.78, 5) is 23.5. The van der Waals surface area contributed by atoms with Crippen LogP contribution in [0.2, 0.25) is 0 Å². The fraction of sp³-hybridized carbons (Fsp3) is 0.300. The average molecular weight is 320 g/mol. The molecule has 0 saturated carbocycles. The van der Waals surface area contributed by atoms with E-state index in [0.717, 1.165) is 5.56 Å². The van der Waals surface area contributed by atoms with Gasteiger partial charge in [0.25, 0.3) is 5.69 Å². The Balaban J connectivity index is 2.57. The Morgan fingerprint density at radius 1 is 1.59 bits per heavy atom. The molecule has 2 rings (SSSR count).